The van der Waals surface area contributed by atoms with Gasteiger partial charge in [-0.1, -0.05) is 11.3 Å². The molecule has 9 heteroatoms. The zero-order chi connectivity index (χ0) is 21.0. The number of hydrogen-bond donors (Lipinski definition) is 1. The van der Waals surface area contributed by atoms with Gasteiger partial charge in [0.05, 0.1) is 28.3 Å². The summed E-state index contributed by atoms with van der Waals surface area (Å²) in [6.07, 6.45) is 0.466. The Morgan fingerprint density at radius 2 is 2.00 bits per heavy atom. The first-order valence-corrected chi connectivity index (χ1v) is 11.4. The smallest absolute Gasteiger partial charge is 0.307 e. The van der Waals surface area contributed by atoms with Crippen LogP contribution in [0, 0.1) is 0 Å². The highest BCUT2D eigenvalue weighted by Gasteiger charge is 2.36. The van der Waals surface area contributed by atoms with Crippen molar-refractivity contribution in [2.45, 2.75) is 36.8 Å². The minimum absolute atomic E-state index is 0.126. The lowest BCUT2D eigenvalue weighted by atomic mass is 9.90. The summed E-state index contributed by atoms with van der Waals surface area (Å²) in [6.45, 7) is 3.85. The van der Waals surface area contributed by atoms with Crippen LogP contribution < -0.4 is 19.1 Å². The number of fused-ring (bicyclic) bond motifs is 2. The summed E-state index contributed by atoms with van der Waals surface area (Å²) in [7, 11) is -0.585. The highest BCUT2D eigenvalue weighted by Crippen LogP contribution is 2.41. The number of nitrogens with zero attached hydrogens (tertiary/aromatic N) is 1. The molecule has 0 aliphatic carbocycles. The minimum atomic E-state index is -3.82. The van der Waals surface area contributed by atoms with E-state index in [-0.39, 0.29) is 9.77 Å². The van der Waals surface area contributed by atoms with Crippen LogP contribution in [0.5, 0.6) is 11.5 Å². The second-order valence-corrected chi connectivity index (χ2v) is 10.4. The summed E-state index contributed by atoms with van der Waals surface area (Å²) in [5.74, 6) is 1.26. The normalized spacial score (nSPS) is 18.3. The number of thiazole rings is 1. The van der Waals surface area contributed by atoms with Gasteiger partial charge in [-0.15, -0.1) is 0 Å². The molecular weight excluding hydrogens is 412 g/mol. The Hall–Kier alpha value is -2.36. The lowest BCUT2D eigenvalue weighted by Gasteiger charge is -2.37. The number of aryl methyl sites for hydroxylation is 1. The molecule has 154 valence electrons. The van der Waals surface area contributed by atoms with Crippen LogP contribution in [0.2, 0.25) is 0 Å². The molecule has 0 radical (unpaired) electrons. The van der Waals surface area contributed by atoms with E-state index in [1.54, 1.807) is 44.5 Å². The van der Waals surface area contributed by atoms with Crippen molar-refractivity contribution in [1.82, 2.24) is 9.29 Å². The molecule has 1 aliphatic heterocycles. The molecule has 0 bridgehead atoms. The van der Waals surface area contributed by atoms with E-state index in [1.807, 2.05) is 13.8 Å². The number of sulfonamides is 1. The van der Waals surface area contributed by atoms with Crippen molar-refractivity contribution in [1.29, 1.82) is 0 Å². The van der Waals surface area contributed by atoms with Gasteiger partial charge in [0.25, 0.3) is 0 Å². The molecule has 0 unspecified atom stereocenters. The van der Waals surface area contributed by atoms with Gasteiger partial charge in [-0.3, -0.25) is 4.79 Å². The largest absolute Gasteiger partial charge is 0.497 e. The maximum Gasteiger partial charge on any atom is 0.307 e. The molecule has 2 heterocycles. The van der Waals surface area contributed by atoms with Crippen LogP contribution in [0.25, 0.3) is 10.2 Å². The molecule has 0 saturated carbocycles. The number of hydrogen-bond acceptors (Lipinski definition) is 6. The van der Waals surface area contributed by atoms with Crippen molar-refractivity contribution < 1.29 is 17.9 Å². The van der Waals surface area contributed by atoms with E-state index < -0.39 is 21.7 Å². The molecule has 0 fully saturated rings. The number of rotatable bonds is 4. The van der Waals surface area contributed by atoms with Crippen LogP contribution in [-0.2, 0) is 17.1 Å². The summed E-state index contributed by atoms with van der Waals surface area (Å²) >= 11 is 1.03. The number of aromatic nitrogens is 1. The Bertz CT molecular complexity index is 1260. The number of benzene rings is 2. The van der Waals surface area contributed by atoms with Gasteiger partial charge in [0, 0.05) is 19.0 Å². The summed E-state index contributed by atoms with van der Waals surface area (Å²) in [6, 6.07) is 9.63. The lowest BCUT2D eigenvalue weighted by Crippen LogP contribution is -2.41. The number of methoxy groups -OCH3 is 1. The van der Waals surface area contributed by atoms with Crippen LogP contribution in [0.3, 0.4) is 0 Å². The van der Waals surface area contributed by atoms with Crippen LogP contribution in [-0.4, -0.2) is 25.7 Å². The van der Waals surface area contributed by atoms with E-state index in [0.29, 0.717) is 28.1 Å². The van der Waals surface area contributed by atoms with Gasteiger partial charge >= 0.3 is 4.87 Å². The van der Waals surface area contributed by atoms with Crippen molar-refractivity contribution in [2.75, 3.05) is 7.11 Å². The maximum atomic E-state index is 13.1. The quantitative estimate of drug-likeness (QED) is 0.682. The Morgan fingerprint density at radius 3 is 2.72 bits per heavy atom. The summed E-state index contributed by atoms with van der Waals surface area (Å²) in [5.41, 5.74) is 0.913. The van der Waals surface area contributed by atoms with Crippen molar-refractivity contribution >= 4 is 31.6 Å². The Kier molecular flexibility index (Phi) is 4.71. The van der Waals surface area contributed by atoms with Gasteiger partial charge in [0.15, 0.2) is 0 Å². The van der Waals surface area contributed by atoms with Crippen molar-refractivity contribution in [3.8, 4) is 11.5 Å². The number of nitrogens with one attached hydrogen (secondary N) is 1. The van der Waals surface area contributed by atoms with Gasteiger partial charge in [-0.25, -0.2) is 13.1 Å². The first kappa shape index (κ1) is 19.9. The molecule has 1 N–H and O–H groups in total. The third-order valence-electron chi connectivity index (χ3n) is 5.05. The second kappa shape index (κ2) is 6.86. The van der Waals surface area contributed by atoms with Crippen LogP contribution in [0.1, 0.15) is 31.9 Å². The maximum absolute atomic E-state index is 13.1. The standard InChI is InChI=1S/C20H22N2O5S2/c1-20(2)11-15(14-9-12(26-4)5-8-17(14)27-20)21-29(24,25)13-6-7-16-18(10-13)28-19(23)22(16)3/h5-10,15,21H,11H2,1-4H3/t15-/m1/s1. The fourth-order valence-corrected chi connectivity index (χ4v) is 5.84. The van der Waals surface area contributed by atoms with E-state index in [1.165, 1.54) is 10.6 Å². The molecule has 0 amide bonds. The lowest BCUT2D eigenvalue weighted by molar-refractivity contribution is 0.0700. The van der Waals surface area contributed by atoms with Crippen molar-refractivity contribution in [3.05, 3.63) is 51.6 Å². The average Bonchev–Trinajstić information content (AvgIpc) is 2.94. The predicted molar refractivity (Wildman–Crippen MR) is 112 cm³/mol. The fraction of sp³-hybridized carbons (Fsp3) is 0.350. The Balaban J connectivity index is 1.73. The summed E-state index contributed by atoms with van der Waals surface area (Å²) in [5, 5.41) is 0. The van der Waals surface area contributed by atoms with E-state index in [2.05, 4.69) is 4.72 Å². The first-order valence-electron chi connectivity index (χ1n) is 9.08. The molecule has 3 aromatic rings. The SMILES string of the molecule is COc1ccc2c(c1)[C@H](NS(=O)(=O)c1ccc3c(c1)sc(=O)n3C)CC(C)(C)O2. The van der Waals surface area contributed by atoms with E-state index in [9.17, 15) is 13.2 Å². The first-order chi connectivity index (χ1) is 13.6. The van der Waals surface area contributed by atoms with Crippen LogP contribution in [0.15, 0.2) is 46.1 Å². The molecule has 1 aliphatic rings. The minimum Gasteiger partial charge on any atom is -0.497 e. The molecule has 4 rings (SSSR count). The number of ether oxygens (including phenoxy) is 2. The van der Waals surface area contributed by atoms with Crippen LogP contribution in [0.4, 0.5) is 0 Å². The van der Waals surface area contributed by atoms with E-state index >= 15 is 0 Å². The zero-order valence-corrected chi connectivity index (χ0v) is 18.2. The van der Waals surface area contributed by atoms with Gasteiger partial charge < -0.3 is 14.0 Å². The molecule has 29 heavy (non-hydrogen) atoms. The second-order valence-electron chi connectivity index (χ2n) is 7.70. The van der Waals surface area contributed by atoms with Gasteiger partial charge in [0.1, 0.15) is 17.1 Å². The van der Waals surface area contributed by atoms with Crippen molar-refractivity contribution in [3.63, 3.8) is 0 Å². The molecule has 2 aromatic carbocycles. The Morgan fingerprint density at radius 1 is 1.24 bits per heavy atom. The monoisotopic (exact) mass is 434 g/mol. The third-order valence-corrected chi connectivity index (χ3v) is 7.51. The zero-order valence-electron chi connectivity index (χ0n) is 16.6. The molecule has 0 spiro atoms. The molecule has 1 atom stereocenters. The third kappa shape index (κ3) is 3.65. The van der Waals surface area contributed by atoms with Crippen molar-refractivity contribution in [2.24, 2.45) is 7.05 Å². The Labute approximate surface area is 172 Å². The predicted octanol–water partition coefficient (Wildman–Crippen LogP) is 3.19. The fourth-order valence-electron chi connectivity index (χ4n) is 3.60. The average molecular weight is 435 g/mol. The molecule has 7 nitrogen and oxygen atoms in total. The van der Waals surface area contributed by atoms with Gasteiger partial charge in [0.2, 0.25) is 10.0 Å². The highest BCUT2D eigenvalue weighted by atomic mass is 32.2. The summed E-state index contributed by atoms with van der Waals surface area (Å²) in [4.78, 5) is 11.9. The highest BCUT2D eigenvalue weighted by molar-refractivity contribution is 7.89. The van der Waals surface area contributed by atoms with Gasteiger partial charge in [-0.05, 0) is 50.2 Å². The molecule has 1 aromatic heterocycles. The molecular formula is C20H22N2O5S2. The van der Waals surface area contributed by atoms with E-state index in [0.717, 1.165) is 16.9 Å². The van der Waals surface area contributed by atoms with E-state index in [4.69, 9.17) is 9.47 Å². The summed E-state index contributed by atoms with van der Waals surface area (Å²) < 4.78 is 42.6. The van der Waals surface area contributed by atoms with Gasteiger partial charge in [-0.2, -0.15) is 0 Å². The molecule has 0 saturated heterocycles. The van der Waals surface area contributed by atoms with Crippen LogP contribution >= 0.6 is 11.3 Å². The topological polar surface area (TPSA) is 86.6 Å².